The van der Waals surface area contributed by atoms with Crippen LogP contribution in [0.25, 0.3) is 10.8 Å². The van der Waals surface area contributed by atoms with Crippen LogP contribution in [0, 0.1) is 5.92 Å². The van der Waals surface area contributed by atoms with E-state index in [1.54, 1.807) is 26.0 Å². The second kappa shape index (κ2) is 8.28. The summed E-state index contributed by atoms with van der Waals surface area (Å²) in [6.07, 6.45) is -0.0827. The van der Waals surface area contributed by atoms with Crippen LogP contribution in [-0.2, 0) is 14.3 Å². The minimum Gasteiger partial charge on any atom is -0.480 e. The van der Waals surface area contributed by atoms with Gasteiger partial charge in [-0.2, -0.15) is 0 Å². The lowest BCUT2D eigenvalue weighted by Crippen LogP contribution is -2.45. The maximum atomic E-state index is 12.6. The Morgan fingerprint density at radius 3 is 2.48 bits per heavy atom. The Morgan fingerprint density at radius 2 is 1.80 bits per heavy atom. The van der Waals surface area contributed by atoms with Crippen molar-refractivity contribution in [2.24, 2.45) is 5.92 Å². The van der Waals surface area contributed by atoms with E-state index in [2.05, 4.69) is 5.32 Å². The van der Waals surface area contributed by atoms with E-state index >= 15 is 0 Å². The molecule has 6 heteroatoms. The molecule has 1 amide bonds. The van der Waals surface area contributed by atoms with Gasteiger partial charge in [-0.1, -0.05) is 43.3 Å². The summed E-state index contributed by atoms with van der Waals surface area (Å²) < 4.78 is 4.85. The van der Waals surface area contributed by atoms with Gasteiger partial charge in [0.1, 0.15) is 6.04 Å². The number of carbonyl (C=O) groups excluding carboxylic acids is 2. The highest BCUT2D eigenvalue weighted by atomic mass is 16.5. The number of benzene rings is 2. The van der Waals surface area contributed by atoms with E-state index in [-0.39, 0.29) is 13.0 Å². The fraction of sp³-hybridized carbons (Fsp3) is 0.316. The standard InChI is InChI=1S/C19H21NO5/c1-3-25-16(21)11-12(2)17(19(23)24)20-18(22)15-10-6-8-13-7-4-5-9-14(13)15/h4-10,12,17H,3,11H2,1-2H3,(H,20,22)(H,23,24)/t12-,17-/m0/s1. The van der Waals surface area contributed by atoms with Crippen LogP contribution in [0.15, 0.2) is 42.5 Å². The van der Waals surface area contributed by atoms with Crippen molar-refractivity contribution in [3.8, 4) is 0 Å². The van der Waals surface area contributed by atoms with E-state index in [9.17, 15) is 19.5 Å². The molecule has 2 N–H and O–H groups in total. The molecule has 0 aliphatic rings. The van der Waals surface area contributed by atoms with Crippen LogP contribution in [0.3, 0.4) is 0 Å². The molecule has 25 heavy (non-hydrogen) atoms. The number of fused-ring (bicyclic) bond motifs is 1. The van der Waals surface area contributed by atoms with Crippen LogP contribution in [0.5, 0.6) is 0 Å². The Balaban J connectivity index is 2.20. The third kappa shape index (κ3) is 4.56. The van der Waals surface area contributed by atoms with Gasteiger partial charge in [0.15, 0.2) is 0 Å². The number of amides is 1. The molecule has 0 bridgehead atoms. The molecular formula is C19H21NO5. The third-order valence-corrected chi connectivity index (χ3v) is 3.95. The van der Waals surface area contributed by atoms with Crippen LogP contribution in [0.2, 0.25) is 0 Å². The average Bonchev–Trinajstić information content (AvgIpc) is 2.58. The third-order valence-electron chi connectivity index (χ3n) is 3.95. The van der Waals surface area contributed by atoms with Crippen molar-refractivity contribution >= 4 is 28.6 Å². The van der Waals surface area contributed by atoms with Gasteiger partial charge < -0.3 is 15.2 Å². The minimum atomic E-state index is -1.19. The lowest BCUT2D eigenvalue weighted by atomic mass is 9.97. The molecule has 0 unspecified atom stereocenters. The highest BCUT2D eigenvalue weighted by molar-refractivity contribution is 6.07. The molecule has 0 heterocycles. The molecule has 0 saturated carbocycles. The SMILES string of the molecule is CCOC(=O)C[C@H](C)[C@H](NC(=O)c1cccc2ccccc12)C(=O)O. The van der Waals surface area contributed by atoms with Gasteiger partial charge in [-0.05, 0) is 29.7 Å². The molecule has 2 aromatic rings. The fourth-order valence-corrected chi connectivity index (χ4v) is 2.69. The van der Waals surface area contributed by atoms with Crippen LogP contribution < -0.4 is 5.32 Å². The van der Waals surface area contributed by atoms with Crippen LogP contribution >= 0.6 is 0 Å². The maximum Gasteiger partial charge on any atom is 0.326 e. The quantitative estimate of drug-likeness (QED) is 0.754. The molecule has 2 rings (SSSR count). The first-order chi connectivity index (χ1) is 11.9. The van der Waals surface area contributed by atoms with Gasteiger partial charge in [0, 0.05) is 5.56 Å². The van der Waals surface area contributed by atoms with E-state index in [0.717, 1.165) is 10.8 Å². The number of ether oxygens (including phenoxy) is 1. The molecule has 0 saturated heterocycles. The molecule has 132 valence electrons. The fourth-order valence-electron chi connectivity index (χ4n) is 2.69. The van der Waals surface area contributed by atoms with Crippen LogP contribution in [0.4, 0.5) is 0 Å². The zero-order valence-corrected chi connectivity index (χ0v) is 14.2. The molecule has 6 nitrogen and oxygen atoms in total. The zero-order chi connectivity index (χ0) is 18.4. The summed E-state index contributed by atoms with van der Waals surface area (Å²) in [4.78, 5) is 35.7. The van der Waals surface area contributed by atoms with Crippen molar-refractivity contribution in [1.29, 1.82) is 0 Å². The molecule has 0 aliphatic heterocycles. The number of aliphatic carboxylic acids is 1. The summed E-state index contributed by atoms with van der Waals surface area (Å²) in [7, 11) is 0. The van der Waals surface area contributed by atoms with Gasteiger partial charge in [0.05, 0.1) is 13.0 Å². The van der Waals surface area contributed by atoms with Crippen molar-refractivity contribution in [2.75, 3.05) is 6.61 Å². The molecule has 2 aromatic carbocycles. The van der Waals surface area contributed by atoms with Crippen molar-refractivity contribution < 1.29 is 24.2 Å². The molecular weight excluding hydrogens is 322 g/mol. The van der Waals surface area contributed by atoms with Crippen molar-refractivity contribution in [3.63, 3.8) is 0 Å². The number of nitrogens with one attached hydrogen (secondary N) is 1. The predicted molar refractivity (Wildman–Crippen MR) is 93.3 cm³/mol. The Bertz CT molecular complexity index is 781. The summed E-state index contributed by atoms with van der Waals surface area (Å²) >= 11 is 0. The summed E-state index contributed by atoms with van der Waals surface area (Å²) in [5, 5.41) is 13.6. The number of esters is 1. The van der Waals surface area contributed by atoms with Gasteiger partial charge in [0.25, 0.3) is 5.91 Å². The maximum absolute atomic E-state index is 12.6. The van der Waals surface area contributed by atoms with Crippen LogP contribution in [0.1, 0.15) is 30.6 Å². The second-order valence-corrected chi connectivity index (χ2v) is 5.80. The normalized spacial score (nSPS) is 13.0. The molecule has 2 atom stereocenters. The van der Waals surface area contributed by atoms with Gasteiger partial charge in [0.2, 0.25) is 0 Å². The Kier molecular flexibility index (Phi) is 6.11. The van der Waals surface area contributed by atoms with Crippen LogP contribution in [-0.4, -0.2) is 35.6 Å². The van der Waals surface area contributed by atoms with E-state index in [1.807, 2.05) is 30.3 Å². The van der Waals surface area contributed by atoms with E-state index in [0.29, 0.717) is 5.56 Å². The number of carbonyl (C=O) groups is 3. The minimum absolute atomic E-state index is 0.0827. The molecule has 0 spiro atoms. The summed E-state index contributed by atoms with van der Waals surface area (Å²) in [6, 6.07) is 11.5. The highest BCUT2D eigenvalue weighted by Gasteiger charge is 2.29. The highest BCUT2D eigenvalue weighted by Crippen LogP contribution is 2.19. The monoisotopic (exact) mass is 343 g/mol. The topological polar surface area (TPSA) is 92.7 Å². The second-order valence-electron chi connectivity index (χ2n) is 5.80. The first-order valence-electron chi connectivity index (χ1n) is 8.11. The first kappa shape index (κ1) is 18.4. The smallest absolute Gasteiger partial charge is 0.326 e. The molecule has 0 aliphatic carbocycles. The van der Waals surface area contributed by atoms with Gasteiger partial charge in [-0.25, -0.2) is 4.79 Å². The van der Waals surface area contributed by atoms with Gasteiger partial charge in [-0.3, -0.25) is 9.59 Å². The lowest BCUT2D eigenvalue weighted by molar-refractivity contribution is -0.145. The van der Waals surface area contributed by atoms with E-state index in [1.165, 1.54) is 0 Å². The predicted octanol–water partition coefficient (Wildman–Crippen LogP) is 2.61. The van der Waals surface area contributed by atoms with E-state index in [4.69, 9.17) is 4.74 Å². The first-order valence-corrected chi connectivity index (χ1v) is 8.11. The van der Waals surface area contributed by atoms with E-state index < -0.39 is 29.8 Å². The van der Waals surface area contributed by atoms with Gasteiger partial charge in [-0.15, -0.1) is 0 Å². The number of hydrogen-bond acceptors (Lipinski definition) is 4. The van der Waals surface area contributed by atoms with Gasteiger partial charge >= 0.3 is 11.9 Å². The molecule has 0 aromatic heterocycles. The lowest BCUT2D eigenvalue weighted by Gasteiger charge is -2.21. The number of rotatable bonds is 7. The van der Waals surface area contributed by atoms with Crippen molar-refractivity contribution in [2.45, 2.75) is 26.3 Å². The summed E-state index contributed by atoms with van der Waals surface area (Å²) in [5.74, 6) is -2.76. The summed E-state index contributed by atoms with van der Waals surface area (Å²) in [6.45, 7) is 3.50. The zero-order valence-electron chi connectivity index (χ0n) is 14.2. The largest absolute Gasteiger partial charge is 0.480 e. The summed E-state index contributed by atoms with van der Waals surface area (Å²) in [5.41, 5.74) is 0.396. The molecule has 0 radical (unpaired) electrons. The number of carboxylic acids is 1. The average molecular weight is 343 g/mol. The Hall–Kier alpha value is -2.89. The molecule has 0 fully saturated rings. The van der Waals surface area contributed by atoms with Crippen molar-refractivity contribution in [1.82, 2.24) is 5.32 Å². The Morgan fingerprint density at radius 1 is 1.12 bits per heavy atom. The number of carboxylic acid groups (broad SMARTS) is 1. The van der Waals surface area contributed by atoms with Crippen molar-refractivity contribution in [3.05, 3.63) is 48.0 Å². The number of hydrogen-bond donors (Lipinski definition) is 2. The Labute approximate surface area is 145 Å².